The molecule has 4 aromatic rings. The van der Waals surface area contributed by atoms with E-state index in [0.717, 1.165) is 31.4 Å². The molecule has 2 aromatic heterocycles. The van der Waals surface area contributed by atoms with E-state index in [4.69, 9.17) is 42.7 Å². The Kier molecular flexibility index (Phi) is 14.1. The number of carbonyl (C=O) groups is 2. The van der Waals surface area contributed by atoms with Gasteiger partial charge in [0.2, 0.25) is 0 Å². The third-order valence-electron chi connectivity index (χ3n) is 11.3. The van der Waals surface area contributed by atoms with Gasteiger partial charge in [0.25, 0.3) is 0 Å². The van der Waals surface area contributed by atoms with Crippen LogP contribution in [0.15, 0.2) is 92.1 Å². The number of hydrogen-bond donors (Lipinski definition) is 3. The van der Waals surface area contributed by atoms with Crippen LogP contribution >= 0.6 is 45.9 Å². The zero-order valence-electron chi connectivity index (χ0n) is 33.1. The van der Waals surface area contributed by atoms with Crippen molar-refractivity contribution in [1.29, 1.82) is 0 Å². The van der Waals surface area contributed by atoms with E-state index >= 15 is 0 Å². The number of methoxy groups -OCH3 is 2. The third kappa shape index (κ3) is 9.35. The summed E-state index contributed by atoms with van der Waals surface area (Å²) in [6.45, 7) is 2.25. The Morgan fingerprint density at radius 3 is 1.50 bits per heavy atom. The second-order valence-electron chi connectivity index (χ2n) is 15.1. The molecule has 0 amide bonds. The van der Waals surface area contributed by atoms with Crippen molar-refractivity contribution in [2.24, 2.45) is 27.7 Å². The number of nitrogens with one attached hydrogen (secondary N) is 2. The molecule has 8 rings (SSSR count). The number of ether oxygens (including phenoxy) is 2. The highest BCUT2D eigenvalue weighted by atomic mass is 35.5. The fraction of sp³-hybridized carbons (Fsp3) is 0.395. The summed E-state index contributed by atoms with van der Waals surface area (Å²) in [7, 11) is 2.65. The maximum atomic E-state index is 14.3. The predicted octanol–water partition coefficient (Wildman–Crippen LogP) is 9.29. The molecule has 60 heavy (non-hydrogen) atoms. The molecule has 0 bridgehead atoms. The van der Waals surface area contributed by atoms with Gasteiger partial charge in [-0.25, -0.2) is 28.3 Å². The first-order valence-electron chi connectivity index (χ1n) is 19.7. The highest BCUT2D eigenvalue weighted by Gasteiger charge is 2.39. The highest BCUT2D eigenvalue weighted by molar-refractivity contribution is 7.12. The topological polar surface area (TPSA) is 147 Å². The Morgan fingerprint density at radius 1 is 0.700 bits per heavy atom. The van der Waals surface area contributed by atoms with Crippen molar-refractivity contribution in [2.45, 2.75) is 76.5 Å². The number of aliphatic hydroxyl groups excluding tert-OH is 1. The predicted molar refractivity (Wildman–Crippen MR) is 229 cm³/mol. The number of amidine groups is 2. The largest absolute Gasteiger partial charge is 0.466 e. The molecule has 4 heterocycles. The molecule has 2 atom stereocenters. The molecule has 0 radical (unpaired) electrons. The van der Waals surface area contributed by atoms with Gasteiger partial charge in [-0.15, -0.1) is 22.7 Å². The molecule has 2 unspecified atom stereocenters. The van der Waals surface area contributed by atoms with Crippen LogP contribution in [0.25, 0.3) is 0 Å². The summed E-state index contributed by atoms with van der Waals surface area (Å²) in [5.41, 5.74) is 3.00. The van der Waals surface area contributed by atoms with Gasteiger partial charge < -0.3 is 25.2 Å². The van der Waals surface area contributed by atoms with E-state index < -0.39 is 35.7 Å². The molecule has 17 heteroatoms. The Balaban J connectivity index is 0.000000181. The van der Waals surface area contributed by atoms with Gasteiger partial charge in [0.15, 0.2) is 21.7 Å². The number of aliphatic imine (C=N–C) groups is 2. The quantitative estimate of drug-likeness (QED) is 0.147. The summed E-state index contributed by atoms with van der Waals surface area (Å²) in [5.74, 6) is -0.257. The van der Waals surface area contributed by atoms with E-state index in [1.165, 1.54) is 49.0 Å². The first-order chi connectivity index (χ1) is 29.0. The number of benzene rings is 2. The lowest BCUT2D eigenvalue weighted by Gasteiger charge is -2.34. The lowest BCUT2D eigenvalue weighted by atomic mass is 9.78. The van der Waals surface area contributed by atoms with Crippen LogP contribution < -0.4 is 10.6 Å². The van der Waals surface area contributed by atoms with Crippen LogP contribution in [0.1, 0.15) is 91.5 Å². The molecule has 0 saturated heterocycles. The van der Waals surface area contributed by atoms with Crippen molar-refractivity contribution in [3.63, 3.8) is 0 Å². The number of hydrogen-bond acceptors (Lipinski definition) is 13. The normalized spacial score (nSPS) is 24.3. The van der Waals surface area contributed by atoms with E-state index in [-0.39, 0.29) is 28.0 Å². The second kappa shape index (κ2) is 19.4. The van der Waals surface area contributed by atoms with Gasteiger partial charge >= 0.3 is 11.9 Å². The van der Waals surface area contributed by atoms with Crippen LogP contribution in [0.4, 0.5) is 8.78 Å². The van der Waals surface area contributed by atoms with E-state index in [0.29, 0.717) is 81.3 Å². The Labute approximate surface area is 364 Å². The zero-order valence-corrected chi connectivity index (χ0v) is 36.2. The van der Waals surface area contributed by atoms with Crippen molar-refractivity contribution in [2.75, 3.05) is 14.2 Å². The van der Waals surface area contributed by atoms with E-state index in [1.54, 1.807) is 36.7 Å². The number of rotatable bonds is 8. The SMILES string of the molecule is COC(=O)C1=C(C2CCC(C)CC2)NC(c2nccs2)=NC1c1cccc(F)c1Cl.COC(=O)C1=C(C2CCC(O)CC2)NC(c2nccs2)=NC1c1cccc(F)c1Cl. The second-order valence-corrected chi connectivity index (χ2v) is 17.6. The lowest BCUT2D eigenvalue weighted by Crippen LogP contribution is -2.38. The molecule has 2 aliphatic carbocycles. The monoisotopic (exact) mass is 896 g/mol. The third-order valence-corrected chi connectivity index (χ3v) is 13.7. The fourth-order valence-corrected chi connectivity index (χ4v) is 9.80. The van der Waals surface area contributed by atoms with Crippen molar-refractivity contribution in [3.8, 4) is 0 Å². The van der Waals surface area contributed by atoms with Crippen LogP contribution in [-0.2, 0) is 19.1 Å². The van der Waals surface area contributed by atoms with Gasteiger partial charge in [-0.3, -0.25) is 9.98 Å². The number of aliphatic hydroxyl groups is 1. The fourth-order valence-electron chi connectivity index (χ4n) is 8.17. The van der Waals surface area contributed by atoms with Gasteiger partial charge in [0.1, 0.15) is 23.7 Å². The van der Waals surface area contributed by atoms with Crippen LogP contribution in [0.2, 0.25) is 10.0 Å². The molecule has 0 spiro atoms. The molecule has 4 aliphatic rings. The highest BCUT2D eigenvalue weighted by Crippen LogP contribution is 2.43. The first-order valence-corrected chi connectivity index (χ1v) is 22.2. The Bertz CT molecular complexity index is 2160. The van der Waals surface area contributed by atoms with Crippen LogP contribution in [0, 0.1) is 29.4 Å². The molecule has 11 nitrogen and oxygen atoms in total. The van der Waals surface area contributed by atoms with Crippen molar-refractivity contribution in [1.82, 2.24) is 20.6 Å². The first kappa shape index (κ1) is 43.5. The minimum Gasteiger partial charge on any atom is -0.466 e. The summed E-state index contributed by atoms with van der Waals surface area (Å²) in [6.07, 6.45) is 9.81. The molecule has 3 N–H and O–H groups in total. The summed E-state index contributed by atoms with van der Waals surface area (Å²) in [4.78, 5) is 43.9. The van der Waals surface area contributed by atoms with Gasteiger partial charge in [-0.05, 0) is 68.4 Å². The van der Waals surface area contributed by atoms with E-state index in [9.17, 15) is 23.5 Å². The lowest BCUT2D eigenvalue weighted by molar-refractivity contribution is -0.137. The van der Waals surface area contributed by atoms with Crippen LogP contribution in [0.3, 0.4) is 0 Å². The van der Waals surface area contributed by atoms with Crippen molar-refractivity contribution >= 4 is 69.5 Å². The van der Waals surface area contributed by atoms with Crippen LogP contribution in [-0.4, -0.2) is 59.0 Å². The number of carbonyl (C=O) groups excluding carboxylic acids is 2. The van der Waals surface area contributed by atoms with E-state index in [2.05, 4.69) is 27.5 Å². The number of halogens is 4. The molecule has 2 aromatic carbocycles. The maximum Gasteiger partial charge on any atom is 0.338 e. The number of nitrogens with zero attached hydrogens (tertiary/aromatic N) is 4. The Hall–Kier alpha value is -4.54. The zero-order chi connectivity index (χ0) is 42.5. The van der Waals surface area contributed by atoms with Gasteiger partial charge in [-0.2, -0.15) is 0 Å². The molecule has 2 fully saturated rings. The number of allylic oxidation sites excluding steroid dienone is 2. The molecular weight excluding hydrogens is 854 g/mol. The number of thiazole rings is 2. The standard InChI is InChI=1S/C22H23ClFN3O2S.C21H21ClFN3O3S/c1-12-6-8-13(9-7-12)18-16(22(28)29-2)19(14-4-3-5-15(24)17(14)23)27-20(26-18)21-25-10-11-30-21;1-29-21(28)15-17(11-5-7-12(27)8-6-11)25-19(20-24-9-10-30-20)26-18(15)13-3-2-4-14(23)16(13)22/h3-5,10-13,19H,6-9H2,1-2H3,(H,26,27);2-4,9-12,18,27H,5-8H2,1H3,(H,25,26). The molecule has 2 aliphatic heterocycles. The summed E-state index contributed by atoms with van der Waals surface area (Å²) in [5, 5.41) is 21.6. The number of esters is 2. The van der Waals surface area contributed by atoms with Gasteiger partial charge in [0, 0.05) is 45.7 Å². The van der Waals surface area contributed by atoms with Gasteiger partial charge in [0.05, 0.1) is 41.5 Å². The van der Waals surface area contributed by atoms with Crippen LogP contribution in [0.5, 0.6) is 0 Å². The van der Waals surface area contributed by atoms with Crippen molar-refractivity contribution in [3.05, 3.63) is 125 Å². The number of aromatic nitrogens is 2. The molecular formula is C43H44Cl2F2N6O5S2. The molecule has 2 saturated carbocycles. The minimum atomic E-state index is -0.831. The summed E-state index contributed by atoms with van der Waals surface area (Å²) in [6, 6.07) is 7.45. The van der Waals surface area contributed by atoms with Gasteiger partial charge in [-0.1, -0.05) is 67.2 Å². The molecule has 316 valence electrons. The summed E-state index contributed by atoms with van der Waals surface area (Å²) < 4.78 is 38.7. The van der Waals surface area contributed by atoms with E-state index in [1.807, 2.05) is 10.8 Å². The average Bonchev–Trinajstić information content (AvgIpc) is 4.02. The Morgan fingerprint density at radius 2 is 1.12 bits per heavy atom. The maximum absolute atomic E-state index is 14.3. The average molecular weight is 898 g/mol. The minimum absolute atomic E-state index is 0.00259. The summed E-state index contributed by atoms with van der Waals surface area (Å²) >= 11 is 15.4. The smallest absolute Gasteiger partial charge is 0.338 e. The van der Waals surface area contributed by atoms with Crippen molar-refractivity contribution < 1.29 is 33.0 Å².